The van der Waals surface area contributed by atoms with Crippen LogP contribution < -0.4 is 0 Å². The van der Waals surface area contributed by atoms with E-state index in [0.717, 1.165) is 25.4 Å². The summed E-state index contributed by atoms with van der Waals surface area (Å²) in [6.07, 6.45) is 4.64. The summed E-state index contributed by atoms with van der Waals surface area (Å²) in [4.78, 5) is 19.4. The zero-order valence-electron chi connectivity index (χ0n) is 4.80. The maximum absolute atomic E-state index is 9.68. The quantitative estimate of drug-likeness (QED) is 0.314. The van der Waals surface area contributed by atoms with Crippen LogP contribution in [0.3, 0.4) is 0 Å². The molecule has 0 rings (SSSR count). The molecule has 4 heteroatoms. The molecular weight excluding hydrogens is 150 g/mol. The summed E-state index contributed by atoms with van der Waals surface area (Å²) in [5.41, 5.74) is 0. The monoisotopic (exact) mass is 162 g/mol. The van der Waals surface area contributed by atoms with Gasteiger partial charge in [-0.25, -0.2) is 0 Å². The molecule has 0 N–H and O–H groups in total. The van der Waals surface area contributed by atoms with Gasteiger partial charge < -0.3 is 9.59 Å². The van der Waals surface area contributed by atoms with Crippen molar-refractivity contribution in [2.24, 2.45) is 0 Å². The van der Waals surface area contributed by atoms with E-state index in [1.54, 1.807) is 0 Å². The summed E-state index contributed by atoms with van der Waals surface area (Å²) >= 11 is 0. The van der Waals surface area contributed by atoms with Crippen LogP contribution in [0.25, 0.3) is 0 Å². The van der Waals surface area contributed by atoms with Gasteiger partial charge in [0.1, 0.15) is 12.6 Å². The second kappa shape index (κ2) is 16.7. The molecule has 0 unspecified atom stereocenters. The van der Waals surface area contributed by atoms with E-state index < -0.39 is 0 Å². The third-order valence-corrected chi connectivity index (χ3v) is 0.894. The molecule has 2 nitrogen and oxygen atoms in total. The van der Waals surface area contributed by atoms with Crippen molar-refractivity contribution in [3.63, 3.8) is 0 Å². The van der Waals surface area contributed by atoms with Gasteiger partial charge in [0.05, 0.1) is 0 Å². The number of aldehydes is 2. The first-order valence-electron chi connectivity index (χ1n) is 2.79. The molecule has 0 aliphatic carbocycles. The fourth-order valence-corrected chi connectivity index (χ4v) is 0.455. The van der Waals surface area contributed by atoms with Gasteiger partial charge in [-0.15, -0.1) is 0 Å². The zero-order valence-corrected chi connectivity index (χ0v) is 4.80. The number of carbonyl (C=O) groups is 2. The summed E-state index contributed by atoms with van der Waals surface area (Å²) in [6.45, 7) is 0. The van der Waals surface area contributed by atoms with E-state index >= 15 is 0 Å². The van der Waals surface area contributed by atoms with Crippen molar-refractivity contribution >= 4 is 71.7 Å². The Hall–Kier alpha value is 1.34. The van der Waals surface area contributed by atoms with Crippen LogP contribution in [0.1, 0.15) is 25.7 Å². The summed E-state index contributed by atoms with van der Waals surface area (Å²) in [5, 5.41) is 0. The number of hydrogen-bond donors (Lipinski definition) is 0. The average molecular weight is 162 g/mol. The summed E-state index contributed by atoms with van der Waals surface area (Å²) < 4.78 is 0. The normalized spacial score (nSPS) is 6.80. The molecular formula is C6H12Na2O2. The van der Waals surface area contributed by atoms with Crippen LogP contribution in [0.2, 0.25) is 0 Å². The molecule has 50 valence electrons. The van der Waals surface area contributed by atoms with E-state index in [9.17, 15) is 9.59 Å². The molecule has 0 aliphatic rings. The Kier molecular flexibility index (Phi) is 29.2. The number of carbonyl (C=O) groups excluding carboxylic acids is 2. The van der Waals surface area contributed by atoms with E-state index in [0.29, 0.717) is 12.8 Å². The van der Waals surface area contributed by atoms with Crippen molar-refractivity contribution in [2.75, 3.05) is 0 Å². The molecule has 0 heterocycles. The first-order chi connectivity index (χ1) is 3.91. The first-order valence-corrected chi connectivity index (χ1v) is 2.79. The Morgan fingerprint density at radius 2 is 1.10 bits per heavy atom. The van der Waals surface area contributed by atoms with Crippen LogP contribution in [0, 0.1) is 0 Å². The molecule has 0 amide bonds. The molecule has 0 aliphatic heterocycles. The van der Waals surface area contributed by atoms with Gasteiger partial charge in [0.25, 0.3) is 0 Å². The molecule has 0 fully saturated rings. The van der Waals surface area contributed by atoms with Crippen molar-refractivity contribution in [3.05, 3.63) is 0 Å². The average Bonchev–Trinajstić information content (AvgIpc) is 1.81. The van der Waals surface area contributed by atoms with Gasteiger partial charge in [-0.1, -0.05) is 0 Å². The Balaban J connectivity index is -0.000000245. The standard InChI is InChI=1S/C6H10O2.2Na.2H/c7-5-3-1-2-4-6-8;;;;/h5-6H,1-4H2;;;;. The molecule has 0 aromatic carbocycles. The predicted octanol–water partition coefficient (Wildman–Crippen LogP) is -0.352. The summed E-state index contributed by atoms with van der Waals surface area (Å²) in [7, 11) is 0. The van der Waals surface area contributed by atoms with Crippen LogP contribution in [-0.4, -0.2) is 71.7 Å². The zero-order chi connectivity index (χ0) is 6.24. The van der Waals surface area contributed by atoms with Gasteiger partial charge in [0.2, 0.25) is 0 Å². The fraction of sp³-hybridized carbons (Fsp3) is 0.667. The van der Waals surface area contributed by atoms with E-state index in [1.807, 2.05) is 0 Å². The Morgan fingerprint density at radius 3 is 1.30 bits per heavy atom. The molecule has 10 heavy (non-hydrogen) atoms. The Labute approximate surface area is 106 Å². The Morgan fingerprint density at radius 1 is 0.800 bits per heavy atom. The van der Waals surface area contributed by atoms with Crippen molar-refractivity contribution in [1.82, 2.24) is 0 Å². The maximum atomic E-state index is 9.68. The van der Waals surface area contributed by atoms with Crippen molar-refractivity contribution < 1.29 is 9.59 Å². The van der Waals surface area contributed by atoms with Crippen molar-refractivity contribution in [2.45, 2.75) is 25.7 Å². The third-order valence-electron chi connectivity index (χ3n) is 0.894. The molecule has 0 atom stereocenters. The van der Waals surface area contributed by atoms with Gasteiger partial charge in [-0.05, 0) is 12.8 Å². The van der Waals surface area contributed by atoms with E-state index in [-0.39, 0.29) is 59.1 Å². The van der Waals surface area contributed by atoms with E-state index in [1.165, 1.54) is 0 Å². The van der Waals surface area contributed by atoms with Gasteiger partial charge in [0.15, 0.2) is 0 Å². The van der Waals surface area contributed by atoms with Gasteiger partial charge in [0, 0.05) is 12.8 Å². The summed E-state index contributed by atoms with van der Waals surface area (Å²) in [6, 6.07) is 0. The number of hydrogen-bond acceptors (Lipinski definition) is 2. The molecule has 0 radical (unpaired) electrons. The van der Waals surface area contributed by atoms with E-state index in [4.69, 9.17) is 0 Å². The third kappa shape index (κ3) is 16.2. The van der Waals surface area contributed by atoms with Gasteiger partial charge in [-0.3, -0.25) is 0 Å². The minimum atomic E-state index is 0. The van der Waals surface area contributed by atoms with Crippen LogP contribution in [0.4, 0.5) is 0 Å². The molecule has 0 aromatic rings. The predicted molar refractivity (Wildman–Crippen MR) is 44.9 cm³/mol. The van der Waals surface area contributed by atoms with Crippen molar-refractivity contribution in [3.8, 4) is 0 Å². The molecule has 0 saturated heterocycles. The molecule has 0 spiro atoms. The van der Waals surface area contributed by atoms with Crippen molar-refractivity contribution in [1.29, 1.82) is 0 Å². The molecule has 0 aromatic heterocycles. The fourth-order valence-electron chi connectivity index (χ4n) is 0.455. The molecule has 0 bridgehead atoms. The van der Waals surface area contributed by atoms with Crippen LogP contribution in [0.5, 0.6) is 0 Å². The number of rotatable bonds is 5. The number of unbranched alkanes of at least 4 members (excludes halogenated alkanes) is 3. The van der Waals surface area contributed by atoms with Crippen LogP contribution in [-0.2, 0) is 9.59 Å². The summed E-state index contributed by atoms with van der Waals surface area (Å²) in [5.74, 6) is 0. The SMILES string of the molecule is O=CCCCCC=O.[NaH].[NaH]. The topological polar surface area (TPSA) is 34.1 Å². The van der Waals surface area contributed by atoms with E-state index in [2.05, 4.69) is 0 Å². The Bertz CT molecular complexity index is 66.1. The van der Waals surface area contributed by atoms with Gasteiger partial charge in [-0.2, -0.15) is 0 Å². The minimum absolute atomic E-state index is 0. The second-order valence-electron chi connectivity index (χ2n) is 1.62. The van der Waals surface area contributed by atoms with Crippen LogP contribution in [0.15, 0.2) is 0 Å². The molecule has 0 saturated carbocycles. The second-order valence-corrected chi connectivity index (χ2v) is 1.62. The van der Waals surface area contributed by atoms with Crippen LogP contribution >= 0.6 is 0 Å². The first kappa shape index (κ1) is 17.4. The van der Waals surface area contributed by atoms with Gasteiger partial charge >= 0.3 is 59.1 Å².